The summed E-state index contributed by atoms with van der Waals surface area (Å²) in [5.41, 5.74) is 3.02. The molecule has 0 aliphatic heterocycles. The van der Waals surface area contributed by atoms with Crippen molar-refractivity contribution in [1.29, 1.82) is 0 Å². The molecule has 0 unspecified atom stereocenters. The summed E-state index contributed by atoms with van der Waals surface area (Å²) < 4.78 is 0. The molecule has 0 aliphatic carbocycles. The van der Waals surface area contributed by atoms with Gasteiger partial charge in [-0.25, -0.2) is 0 Å². The van der Waals surface area contributed by atoms with Crippen LogP contribution in [0.5, 0.6) is 0 Å². The summed E-state index contributed by atoms with van der Waals surface area (Å²) >= 11 is 0. The summed E-state index contributed by atoms with van der Waals surface area (Å²) in [5.74, 6) is 0. The fourth-order valence-electron chi connectivity index (χ4n) is 1.05. The van der Waals surface area contributed by atoms with E-state index in [2.05, 4.69) is 52.0 Å². The molecular formula is C17H34. The van der Waals surface area contributed by atoms with Crippen LogP contribution in [-0.4, -0.2) is 0 Å². The van der Waals surface area contributed by atoms with E-state index in [9.17, 15) is 0 Å². The fraction of sp³-hybridized carbons (Fsp3) is 0.647. The maximum absolute atomic E-state index is 2.23. The SMILES string of the molecule is CC.CC.CC.Cc1ccc(C(C)(C)C)cc1. The molecule has 0 saturated carbocycles. The van der Waals surface area contributed by atoms with E-state index in [1.165, 1.54) is 11.1 Å². The lowest BCUT2D eigenvalue weighted by molar-refractivity contribution is 0.590. The topological polar surface area (TPSA) is 0 Å². The van der Waals surface area contributed by atoms with E-state index in [1.54, 1.807) is 0 Å². The number of rotatable bonds is 0. The maximum atomic E-state index is 2.23. The Hall–Kier alpha value is -0.780. The van der Waals surface area contributed by atoms with Crippen molar-refractivity contribution in [2.24, 2.45) is 0 Å². The van der Waals surface area contributed by atoms with E-state index >= 15 is 0 Å². The second-order valence-electron chi connectivity index (χ2n) is 4.12. The maximum Gasteiger partial charge on any atom is -0.0132 e. The minimum absolute atomic E-state index is 0.285. The lowest BCUT2D eigenvalue weighted by Gasteiger charge is -2.18. The molecule has 0 N–H and O–H groups in total. The second-order valence-corrected chi connectivity index (χ2v) is 4.12. The van der Waals surface area contributed by atoms with Gasteiger partial charge in [0.05, 0.1) is 0 Å². The Balaban J connectivity index is -0.000000285. The first-order chi connectivity index (χ1) is 8.00. The van der Waals surface area contributed by atoms with Gasteiger partial charge in [0.25, 0.3) is 0 Å². The standard InChI is InChI=1S/C11H16.3C2H6/c1-9-5-7-10(8-6-9)11(2,3)4;3*1-2/h5-8H,1-4H3;3*1-2H3. The zero-order valence-corrected chi connectivity index (χ0v) is 13.8. The number of aryl methyl sites for hydroxylation is 1. The van der Waals surface area contributed by atoms with Crippen molar-refractivity contribution in [3.8, 4) is 0 Å². The highest BCUT2D eigenvalue weighted by Gasteiger charge is 2.11. The highest BCUT2D eigenvalue weighted by Crippen LogP contribution is 2.21. The summed E-state index contributed by atoms with van der Waals surface area (Å²) in [5, 5.41) is 0. The van der Waals surface area contributed by atoms with E-state index in [1.807, 2.05) is 41.5 Å². The van der Waals surface area contributed by atoms with Gasteiger partial charge in [-0.15, -0.1) is 0 Å². The molecule has 0 nitrogen and oxygen atoms in total. The number of hydrogen-bond acceptors (Lipinski definition) is 0. The van der Waals surface area contributed by atoms with Crippen LogP contribution in [0.3, 0.4) is 0 Å². The van der Waals surface area contributed by atoms with Crippen molar-refractivity contribution < 1.29 is 0 Å². The molecule has 0 aromatic heterocycles. The molecule has 0 amide bonds. The predicted molar refractivity (Wildman–Crippen MR) is 83.9 cm³/mol. The summed E-state index contributed by atoms with van der Waals surface area (Å²) in [7, 11) is 0. The van der Waals surface area contributed by atoms with Crippen LogP contribution in [0.15, 0.2) is 24.3 Å². The normalized spacial score (nSPS) is 8.59. The van der Waals surface area contributed by atoms with Gasteiger partial charge in [-0.1, -0.05) is 92.1 Å². The summed E-state index contributed by atoms with van der Waals surface area (Å²) in [6.07, 6.45) is 0. The third kappa shape index (κ3) is 11.5. The van der Waals surface area contributed by atoms with E-state index in [-0.39, 0.29) is 5.41 Å². The van der Waals surface area contributed by atoms with Crippen molar-refractivity contribution in [2.45, 2.75) is 74.7 Å². The molecule has 1 rings (SSSR count). The van der Waals surface area contributed by atoms with E-state index in [4.69, 9.17) is 0 Å². The highest BCUT2D eigenvalue weighted by atomic mass is 14.2. The Morgan fingerprint density at radius 1 is 0.647 bits per heavy atom. The summed E-state index contributed by atoms with van der Waals surface area (Å²) in [4.78, 5) is 0. The van der Waals surface area contributed by atoms with Crippen LogP contribution in [0.4, 0.5) is 0 Å². The molecule has 0 fully saturated rings. The molecule has 1 aromatic carbocycles. The molecule has 0 spiro atoms. The Morgan fingerprint density at radius 3 is 1.18 bits per heavy atom. The van der Waals surface area contributed by atoms with Gasteiger partial charge in [0.15, 0.2) is 0 Å². The van der Waals surface area contributed by atoms with E-state index in [0.717, 1.165) is 0 Å². The van der Waals surface area contributed by atoms with Crippen LogP contribution in [-0.2, 0) is 5.41 Å². The van der Waals surface area contributed by atoms with Gasteiger partial charge in [-0.3, -0.25) is 0 Å². The molecule has 0 aliphatic rings. The van der Waals surface area contributed by atoms with Gasteiger partial charge >= 0.3 is 0 Å². The lowest BCUT2D eigenvalue weighted by Crippen LogP contribution is -2.10. The molecule has 0 heterocycles. The molecular weight excluding hydrogens is 204 g/mol. The Kier molecular flexibility index (Phi) is 16.8. The lowest BCUT2D eigenvalue weighted by atomic mass is 9.87. The van der Waals surface area contributed by atoms with Crippen molar-refractivity contribution in [2.75, 3.05) is 0 Å². The van der Waals surface area contributed by atoms with Crippen LogP contribution in [0.25, 0.3) is 0 Å². The van der Waals surface area contributed by atoms with Gasteiger partial charge < -0.3 is 0 Å². The average molecular weight is 238 g/mol. The zero-order valence-electron chi connectivity index (χ0n) is 13.8. The monoisotopic (exact) mass is 238 g/mol. The third-order valence-electron chi connectivity index (χ3n) is 1.92. The van der Waals surface area contributed by atoms with Gasteiger partial charge in [0.2, 0.25) is 0 Å². The number of hydrogen-bond donors (Lipinski definition) is 0. The smallest absolute Gasteiger partial charge is 0.0132 e. The van der Waals surface area contributed by atoms with Crippen LogP contribution >= 0.6 is 0 Å². The van der Waals surface area contributed by atoms with Crippen molar-refractivity contribution in [3.05, 3.63) is 35.4 Å². The van der Waals surface area contributed by atoms with Crippen LogP contribution in [0.1, 0.15) is 73.4 Å². The van der Waals surface area contributed by atoms with Crippen molar-refractivity contribution >= 4 is 0 Å². The average Bonchev–Trinajstić information content (AvgIpc) is 2.36. The summed E-state index contributed by atoms with van der Waals surface area (Å²) in [6.45, 7) is 20.8. The Labute approximate surface area is 110 Å². The largest absolute Gasteiger partial charge is 0.0683 e. The molecule has 0 radical (unpaired) electrons. The third-order valence-corrected chi connectivity index (χ3v) is 1.92. The Morgan fingerprint density at radius 2 is 0.941 bits per heavy atom. The minimum Gasteiger partial charge on any atom is -0.0683 e. The van der Waals surface area contributed by atoms with Crippen LogP contribution in [0, 0.1) is 6.92 Å². The first-order valence-corrected chi connectivity index (χ1v) is 7.07. The highest BCUT2D eigenvalue weighted by molar-refractivity contribution is 5.26. The first kappa shape index (κ1) is 21.5. The predicted octanol–water partition coefficient (Wildman–Crippen LogP) is 6.37. The first-order valence-electron chi connectivity index (χ1n) is 7.07. The van der Waals surface area contributed by atoms with Gasteiger partial charge in [0, 0.05) is 0 Å². The number of benzene rings is 1. The van der Waals surface area contributed by atoms with Gasteiger partial charge in [0.1, 0.15) is 0 Å². The van der Waals surface area contributed by atoms with Gasteiger partial charge in [-0.05, 0) is 17.9 Å². The van der Waals surface area contributed by atoms with E-state index < -0.39 is 0 Å². The fourth-order valence-corrected chi connectivity index (χ4v) is 1.05. The molecule has 102 valence electrons. The zero-order chi connectivity index (χ0) is 14.5. The molecule has 0 atom stereocenters. The second kappa shape index (κ2) is 13.3. The Bertz CT molecular complexity index is 223. The minimum atomic E-state index is 0.285. The quantitative estimate of drug-likeness (QED) is 0.492. The van der Waals surface area contributed by atoms with Crippen LogP contribution < -0.4 is 0 Å². The van der Waals surface area contributed by atoms with Gasteiger partial charge in [-0.2, -0.15) is 0 Å². The molecule has 0 saturated heterocycles. The molecule has 1 aromatic rings. The molecule has 17 heavy (non-hydrogen) atoms. The van der Waals surface area contributed by atoms with E-state index in [0.29, 0.717) is 0 Å². The molecule has 0 bridgehead atoms. The summed E-state index contributed by atoms with van der Waals surface area (Å²) in [6, 6.07) is 8.74. The molecule has 0 heteroatoms. The van der Waals surface area contributed by atoms with Crippen molar-refractivity contribution in [1.82, 2.24) is 0 Å². The van der Waals surface area contributed by atoms with Crippen molar-refractivity contribution in [3.63, 3.8) is 0 Å². The van der Waals surface area contributed by atoms with Crippen LogP contribution in [0.2, 0.25) is 0 Å².